The Morgan fingerprint density at radius 1 is 1.39 bits per heavy atom. The minimum absolute atomic E-state index is 0.00422. The predicted molar refractivity (Wildman–Crippen MR) is 74.5 cm³/mol. The summed E-state index contributed by atoms with van der Waals surface area (Å²) in [6.07, 6.45) is 2.98. The van der Waals surface area contributed by atoms with Crippen LogP contribution in [0.5, 0.6) is 0 Å². The Labute approximate surface area is 109 Å². The maximum Gasteiger partial charge on any atom is 0.231 e. The van der Waals surface area contributed by atoms with Crippen molar-refractivity contribution >= 4 is 11.6 Å². The fourth-order valence-electron chi connectivity index (χ4n) is 2.81. The number of nitrogens with zero attached hydrogens (tertiary/aromatic N) is 1. The van der Waals surface area contributed by atoms with Gasteiger partial charge in [-0.15, -0.1) is 0 Å². The first kappa shape index (κ1) is 13.1. The lowest BCUT2D eigenvalue weighted by Gasteiger charge is -2.27. The number of hydrogen-bond acceptors (Lipinski definition) is 2. The number of nitrogens with two attached hydrogens (primary N) is 1. The fraction of sp³-hybridized carbons (Fsp3) is 0.533. The van der Waals surface area contributed by atoms with E-state index in [9.17, 15) is 4.79 Å². The van der Waals surface area contributed by atoms with Gasteiger partial charge in [0, 0.05) is 18.3 Å². The highest BCUT2D eigenvalue weighted by atomic mass is 16.2. The molecule has 0 saturated heterocycles. The van der Waals surface area contributed by atoms with Crippen LogP contribution in [0.2, 0.25) is 0 Å². The Morgan fingerprint density at radius 3 is 2.67 bits per heavy atom. The van der Waals surface area contributed by atoms with E-state index < -0.39 is 0 Å². The number of benzene rings is 1. The van der Waals surface area contributed by atoms with Gasteiger partial charge in [-0.2, -0.15) is 0 Å². The molecule has 0 aromatic heterocycles. The van der Waals surface area contributed by atoms with Crippen LogP contribution in [0.4, 0.5) is 5.69 Å². The summed E-state index contributed by atoms with van der Waals surface area (Å²) in [5, 5.41) is 0. The van der Waals surface area contributed by atoms with Crippen molar-refractivity contribution in [2.75, 3.05) is 11.4 Å². The summed E-state index contributed by atoms with van der Waals surface area (Å²) in [5.41, 5.74) is 8.20. The van der Waals surface area contributed by atoms with Crippen LogP contribution in [0, 0.1) is 12.8 Å². The average Bonchev–Trinajstić information content (AvgIpc) is 2.78. The summed E-state index contributed by atoms with van der Waals surface area (Å²) in [4.78, 5) is 14.5. The Hall–Kier alpha value is -1.35. The summed E-state index contributed by atoms with van der Waals surface area (Å²) < 4.78 is 0. The van der Waals surface area contributed by atoms with E-state index in [1.807, 2.05) is 43.0 Å². The van der Waals surface area contributed by atoms with Gasteiger partial charge < -0.3 is 10.6 Å². The molecule has 1 aliphatic rings. The lowest BCUT2D eigenvalue weighted by atomic mass is 10.0. The monoisotopic (exact) mass is 246 g/mol. The Bertz CT molecular complexity index is 430. The number of carbonyl (C=O) groups is 1. The molecule has 3 heteroatoms. The molecule has 1 saturated carbocycles. The maximum atomic E-state index is 12.6. The van der Waals surface area contributed by atoms with Crippen LogP contribution in [0.25, 0.3) is 0 Å². The fourth-order valence-corrected chi connectivity index (χ4v) is 2.81. The number of aryl methyl sites for hydroxylation is 1. The molecular weight excluding hydrogens is 224 g/mol. The van der Waals surface area contributed by atoms with E-state index in [4.69, 9.17) is 5.73 Å². The van der Waals surface area contributed by atoms with Gasteiger partial charge in [-0.1, -0.05) is 24.6 Å². The highest BCUT2D eigenvalue weighted by Crippen LogP contribution is 2.29. The molecular formula is C15H22N2O. The Morgan fingerprint density at radius 2 is 2.11 bits per heavy atom. The summed E-state index contributed by atoms with van der Waals surface area (Å²) >= 11 is 0. The van der Waals surface area contributed by atoms with E-state index in [2.05, 4.69) is 0 Å². The smallest absolute Gasteiger partial charge is 0.231 e. The third-order valence-electron chi connectivity index (χ3n) is 3.88. The first-order valence-electron chi connectivity index (χ1n) is 6.77. The van der Waals surface area contributed by atoms with Crippen molar-refractivity contribution in [1.29, 1.82) is 0 Å². The van der Waals surface area contributed by atoms with Crippen molar-refractivity contribution in [3.8, 4) is 0 Å². The molecule has 1 aromatic rings. The Balaban J connectivity index is 2.23. The van der Waals surface area contributed by atoms with Crippen molar-refractivity contribution in [3.63, 3.8) is 0 Å². The van der Waals surface area contributed by atoms with Gasteiger partial charge in [-0.25, -0.2) is 0 Å². The summed E-state index contributed by atoms with van der Waals surface area (Å²) in [6.45, 7) is 4.76. The predicted octanol–water partition coefficient (Wildman–Crippen LogP) is 2.48. The van der Waals surface area contributed by atoms with Gasteiger partial charge in [0.25, 0.3) is 0 Å². The second-order valence-electron chi connectivity index (χ2n) is 5.07. The van der Waals surface area contributed by atoms with Gasteiger partial charge in [-0.05, 0) is 38.3 Å². The molecule has 2 atom stereocenters. The first-order valence-corrected chi connectivity index (χ1v) is 6.77. The zero-order chi connectivity index (χ0) is 13.1. The number of amides is 1. The van der Waals surface area contributed by atoms with Crippen molar-refractivity contribution in [2.45, 2.75) is 39.2 Å². The molecule has 0 radical (unpaired) electrons. The highest BCUT2D eigenvalue weighted by molar-refractivity contribution is 5.96. The number of rotatable bonds is 3. The maximum absolute atomic E-state index is 12.6. The molecule has 1 aromatic carbocycles. The molecule has 0 bridgehead atoms. The van der Waals surface area contributed by atoms with E-state index in [1.54, 1.807) is 0 Å². The third kappa shape index (κ3) is 2.41. The molecule has 2 unspecified atom stereocenters. The normalized spacial score (nSPS) is 23.1. The number of anilines is 1. The van der Waals surface area contributed by atoms with Gasteiger partial charge in [0.1, 0.15) is 0 Å². The van der Waals surface area contributed by atoms with Crippen LogP contribution >= 0.6 is 0 Å². The molecule has 2 rings (SSSR count). The minimum Gasteiger partial charge on any atom is -0.327 e. The van der Waals surface area contributed by atoms with Crippen molar-refractivity contribution < 1.29 is 4.79 Å². The molecule has 0 heterocycles. The lowest BCUT2D eigenvalue weighted by Crippen LogP contribution is -2.42. The minimum atomic E-state index is 0.00422. The van der Waals surface area contributed by atoms with E-state index >= 15 is 0 Å². The van der Waals surface area contributed by atoms with Crippen molar-refractivity contribution in [1.82, 2.24) is 0 Å². The number of para-hydroxylation sites is 1. The lowest BCUT2D eigenvalue weighted by molar-refractivity contribution is -0.122. The standard InChI is InChI=1S/C15H22N2O/c1-3-17(14-10-5-4-7-11(14)2)15(18)12-8-6-9-13(12)16/h4-5,7,10,12-13H,3,6,8-9,16H2,1-2H3. The van der Waals surface area contributed by atoms with Gasteiger partial charge in [-0.3, -0.25) is 4.79 Å². The molecule has 0 aliphatic heterocycles. The van der Waals surface area contributed by atoms with E-state index in [0.29, 0.717) is 6.54 Å². The summed E-state index contributed by atoms with van der Waals surface area (Å²) in [5.74, 6) is 0.196. The van der Waals surface area contributed by atoms with Crippen molar-refractivity contribution in [3.05, 3.63) is 29.8 Å². The van der Waals surface area contributed by atoms with Crippen LogP contribution in [0.1, 0.15) is 31.7 Å². The van der Waals surface area contributed by atoms with Crippen LogP contribution in [0.3, 0.4) is 0 Å². The molecule has 1 fully saturated rings. The van der Waals surface area contributed by atoms with Gasteiger partial charge in [0.2, 0.25) is 5.91 Å². The highest BCUT2D eigenvalue weighted by Gasteiger charge is 2.33. The molecule has 1 aliphatic carbocycles. The molecule has 18 heavy (non-hydrogen) atoms. The van der Waals surface area contributed by atoms with Crippen LogP contribution in [-0.2, 0) is 4.79 Å². The van der Waals surface area contributed by atoms with Gasteiger partial charge in [0.15, 0.2) is 0 Å². The zero-order valence-corrected chi connectivity index (χ0v) is 11.2. The van der Waals surface area contributed by atoms with Gasteiger partial charge in [0.05, 0.1) is 5.92 Å². The molecule has 0 spiro atoms. The van der Waals surface area contributed by atoms with E-state index in [1.165, 1.54) is 0 Å². The van der Waals surface area contributed by atoms with Crippen molar-refractivity contribution in [2.24, 2.45) is 11.7 Å². The van der Waals surface area contributed by atoms with Crippen LogP contribution in [0.15, 0.2) is 24.3 Å². The second-order valence-corrected chi connectivity index (χ2v) is 5.07. The summed E-state index contributed by atoms with van der Waals surface area (Å²) in [6, 6.07) is 8.07. The topological polar surface area (TPSA) is 46.3 Å². The molecule has 2 N–H and O–H groups in total. The first-order chi connectivity index (χ1) is 8.65. The largest absolute Gasteiger partial charge is 0.327 e. The molecule has 98 valence electrons. The number of hydrogen-bond donors (Lipinski definition) is 1. The van der Waals surface area contributed by atoms with Crippen LogP contribution < -0.4 is 10.6 Å². The molecule has 1 amide bonds. The van der Waals surface area contributed by atoms with Gasteiger partial charge >= 0.3 is 0 Å². The number of carbonyl (C=O) groups excluding carboxylic acids is 1. The van der Waals surface area contributed by atoms with E-state index in [-0.39, 0.29) is 17.9 Å². The second kappa shape index (κ2) is 5.53. The summed E-state index contributed by atoms with van der Waals surface area (Å²) in [7, 11) is 0. The zero-order valence-electron chi connectivity index (χ0n) is 11.2. The third-order valence-corrected chi connectivity index (χ3v) is 3.88. The van der Waals surface area contributed by atoms with Crippen LogP contribution in [-0.4, -0.2) is 18.5 Å². The average molecular weight is 246 g/mol. The van der Waals surface area contributed by atoms with E-state index in [0.717, 1.165) is 30.5 Å². The SMILES string of the molecule is CCN(C(=O)C1CCCC1N)c1ccccc1C. The molecule has 3 nitrogen and oxygen atoms in total. The quantitative estimate of drug-likeness (QED) is 0.890. The Kier molecular flexibility index (Phi) is 4.02.